The summed E-state index contributed by atoms with van der Waals surface area (Å²) in [6.07, 6.45) is 0. The summed E-state index contributed by atoms with van der Waals surface area (Å²) < 4.78 is 0. The monoisotopic (exact) mass is 455 g/mol. The predicted molar refractivity (Wildman–Crippen MR) is 126 cm³/mol. The van der Waals surface area contributed by atoms with Crippen molar-refractivity contribution in [3.63, 3.8) is 0 Å². The van der Waals surface area contributed by atoms with Crippen LogP contribution in [0, 0.1) is 6.92 Å². The van der Waals surface area contributed by atoms with Crippen molar-refractivity contribution in [3.8, 4) is 11.1 Å². The summed E-state index contributed by atoms with van der Waals surface area (Å²) in [7, 11) is 0. The molecule has 1 amide bonds. The molecular formula is C22H18ClN3O2S2. The number of aromatic nitrogens is 2. The fraction of sp³-hybridized carbons (Fsp3) is 0.136. The van der Waals surface area contributed by atoms with Gasteiger partial charge in [0.1, 0.15) is 4.83 Å². The minimum atomic E-state index is -0.461. The third-order valence-corrected chi connectivity index (χ3v) is 6.71. The van der Waals surface area contributed by atoms with Gasteiger partial charge < -0.3 is 10.3 Å². The molecule has 0 saturated carbocycles. The van der Waals surface area contributed by atoms with E-state index in [1.165, 1.54) is 23.1 Å². The van der Waals surface area contributed by atoms with Crippen LogP contribution in [0.5, 0.6) is 0 Å². The third-order valence-electron chi connectivity index (χ3n) is 4.62. The van der Waals surface area contributed by atoms with Crippen molar-refractivity contribution in [1.29, 1.82) is 0 Å². The molecule has 1 atom stereocenters. The van der Waals surface area contributed by atoms with Crippen molar-refractivity contribution < 1.29 is 4.79 Å². The van der Waals surface area contributed by atoms with Gasteiger partial charge in [0.25, 0.3) is 5.56 Å². The maximum Gasteiger partial charge on any atom is 0.260 e. The molecule has 0 aliphatic rings. The van der Waals surface area contributed by atoms with Gasteiger partial charge in [0.05, 0.1) is 10.6 Å². The van der Waals surface area contributed by atoms with Crippen LogP contribution in [0.2, 0.25) is 5.02 Å². The number of rotatable bonds is 5. The van der Waals surface area contributed by atoms with Crippen molar-refractivity contribution in [1.82, 2.24) is 9.97 Å². The zero-order valence-electron chi connectivity index (χ0n) is 16.2. The van der Waals surface area contributed by atoms with Crippen molar-refractivity contribution in [2.75, 3.05) is 5.32 Å². The minimum absolute atomic E-state index is 0.190. The van der Waals surface area contributed by atoms with Gasteiger partial charge in [0, 0.05) is 21.7 Å². The average molecular weight is 456 g/mol. The van der Waals surface area contributed by atoms with E-state index < -0.39 is 5.25 Å². The Labute approximate surface area is 186 Å². The second kappa shape index (κ2) is 8.63. The Kier molecular flexibility index (Phi) is 5.94. The quantitative estimate of drug-likeness (QED) is 0.297. The number of benzene rings is 2. The van der Waals surface area contributed by atoms with Crippen LogP contribution < -0.4 is 10.9 Å². The highest BCUT2D eigenvalue weighted by Crippen LogP contribution is 2.32. The van der Waals surface area contributed by atoms with Gasteiger partial charge in [-0.2, -0.15) is 0 Å². The molecule has 152 valence electrons. The van der Waals surface area contributed by atoms with E-state index in [1.54, 1.807) is 19.1 Å². The van der Waals surface area contributed by atoms with E-state index in [4.69, 9.17) is 11.6 Å². The number of amides is 1. The molecule has 0 saturated heterocycles. The van der Waals surface area contributed by atoms with Gasteiger partial charge in [-0.15, -0.1) is 11.3 Å². The van der Waals surface area contributed by atoms with Crippen molar-refractivity contribution >= 4 is 56.5 Å². The summed E-state index contributed by atoms with van der Waals surface area (Å²) in [6.45, 7) is 3.67. The van der Waals surface area contributed by atoms with E-state index >= 15 is 0 Å². The lowest BCUT2D eigenvalue weighted by Gasteiger charge is -2.13. The number of fused-ring (bicyclic) bond motifs is 1. The maximum absolute atomic E-state index is 12.8. The summed E-state index contributed by atoms with van der Waals surface area (Å²) in [5.41, 5.74) is 3.22. The van der Waals surface area contributed by atoms with Gasteiger partial charge in [-0.1, -0.05) is 59.8 Å². The van der Waals surface area contributed by atoms with Crippen molar-refractivity contribution in [3.05, 3.63) is 74.9 Å². The Balaban J connectivity index is 1.56. The number of hydrogen-bond acceptors (Lipinski definition) is 5. The Bertz CT molecular complexity index is 1280. The van der Waals surface area contributed by atoms with Crippen LogP contribution >= 0.6 is 34.7 Å². The molecule has 4 aromatic rings. The van der Waals surface area contributed by atoms with E-state index in [2.05, 4.69) is 15.3 Å². The second-order valence-electron chi connectivity index (χ2n) is 6.78. The fourth-order valence-electron chi connectivity index (χ4n) is 3.00. The first-order valence-electron chi connectivity index (χ1n) is 9.23. The van der Waals surface area contributed by atoms with E-state index in [9.17, 15) is 9.59 Å². The predicted octanol–water partition coefficient (Wildman–Crippen LogP) is 5.73. The van der Waals surface area contributed by atoms with E-state index in [1.807, 2.05) is 48.7 Å². The highest BCUT2D eigenvalue weighted by molar-refractivity contribution is 8.00. The number of aromatic amines is 1. The minimum Gasteiger partial charge on any atom is -0.325 e. The molecule has 2 aromatic heterocycles. The number of thiophene rings is 1. The zero-order valence-corrected chi connectivity index (χ0v) is 18.6. The number of carbonyl (C=O) groups excluding carboxylic acids is 1. The summed E-state index contributed by atoms with van der Waals surface area (Å²) in [5, 5.41) is 5.91. The molecule has 2 N–H and O–H groups in total. The lowest BCUT2D eigenvalue weighted by molar-refractivity contribution is -0.115. The molecule has 4 rings (SSSR count). The number of halogens is 1. The number of nitrogens with one attached hydrogen (secondary N) is 2. The summed E-state index contributed by atoms with van der Waals surface area (Å²) in [4.78, 5) is 33.4. The standard InChI is InChI=1S/C22H18ClN3O2S2/c1-12-8-9-15(23)10-17(12)24-19(27)13(2)30-22-25-20(28)18-16(11-29-21(18)26-22)14-6-4-3-5-7-14/h3-11,13H,1-2H3,(H,24,27)(H,25,26,28). The van der Waals surface area contributed by atoms with Crippen LogP contribution in [0.1, 0.15) is 12.5 Å². The topological polar surface area (TPSA) is 74.8 Å². The molecule has 5 nitrogen and oxygen atoms in total. The molecule has 0 aliphatic carbocycles. The van der Waals surface area contributed by atoms with Crippen LogP contribution in [-0.4, -0.2) is 21.1 Å². The van der Waals surface area contributed by atoms with Crippen LogP contribution in [0.3, 0.4) is 0 Å². The largest absolute Gasteiger partial charge is 0.325 e. The lowest BCUT2D eigenvalue weighted by atomic mass is 10.1. The van der Waals surface area contributed by atoms with E-state index in [0.717, 1.165) is 16.7 Å². The molecule has 0 aliphatic heterocycles. The smallest absolute Gasteiger partial charge is 0.260 e. The van der Waals surface area contributed by atoms with Gasteiger partial charge in [-0.25, -0.2) is 4.98 Å². The number of nitrogens with zero attached hydrogens (tertiary/aromatic N) is 1. The molecule has 1 unspecified atom stereocenters. The molecular weight excluding hydrogens is 438 g/mol. The molecule has 2 aromatic carbocycles. The van der Waals surface area contributed by atoms with Crippen LogP contribution in [0.25, 0.3) is 21.3 Å². The third kappa shape index (κ3) is 4.28. The fourth-order valence-corrected chi connectivity index (χ4v) is 4.97. The van der Waals surface area contributed by atoms with Crippen LogP contribution in [0.15, 0.2) is 63.9 Å². The maximum atomic E-state index is 12.8. The molecule has 0 radical (unpaired) electrons. The Morgan fingerprint density at radius 2 is 2.00 bits per heavy atom. The van der Waals surface area contributed by atoms with Crippen molar-refractivity contribution in [2.24, 2.45) is 0 Å². The van der Waals surface area contributed by atoms with Crippen LogP contribution in [-0.2, 0) is 4.79 Å². The molecule has 0 spiro atoms. The average Bonchev–Trinajstić information content (AvgIpc) is 3.16. The van der Waals surface area contributed by atoms with Crippen LogP contribution in [0.4, 0.5) is 5.69 Å². The Hall–Kier alpha value is -2.61. The first kappa shape index (κ1) is 20.7. The summed E-state index contributed by atoms with van der Waals surface area (Å²) in [6, 6.07) is 15.1. The summed E-state index contributed by atoms with van der Waals surface area (Å²) in [5.74, 6) is -0.190. The summed E-state index contributed by atoms with van der Waals surface area (Å²) >= 11 is 8.65. The highest BCUT2D eigenvalue weighted by Gasteiger charge is 2.19. The number of carbonyl (C=O) groups is 1. The second-order valence-corrected chi connectivity index (χ2v) is 9.40. The van der Waals surface area contributed by atoms with E-state index in [-0.39, 0.29) is 11.5 Å². The lowest BCUT2D eigenvalue weighted by Crippen LogP contribution is -2.23. The highest BCUT2D eigenvalue weighted by atomic mass is 35.5. The molecule has 2 heterocycles. The molecule has 8 heteroatoms. The number of anilines is 1. The van der Waals surface area contributed by atoms with Gasteiger partial charge >= 0.3 is 0 Å². The Morgan fingerprint density at radius 1 is 1.23 bits per heavy atom. The SMILES string of the molecule is Cc1ccc(Cl)cc1NC(=O)C(C)Sc1nc2scc(-c3ccccc3)c2c(=O)[nH]1. The molecule has 30 heavy (non-hydrogen) atoms. The zero-order chi connectivity index (χ0) is 21.3. The normalized spacial score (nSPS) is 12.1. The number of aryl methyl sites for hydroxylation is 1. The number of hydrogen-bond donors (Lipinski definition) is 2. The van der Waals surface area contributed by atoms with Gasteiger partial charge in [0.15, 0.2) is 5.16 Å². The van der Waals surface area contributed by atoms with E-state index in [0.29, 0.717) is 26.1 Å². The molecule has 0 fully saturated rings. The molecule has 0 bridgehead atoms. The number of thioether (sulfide) groups is 1. The van der Waals surface area contributed by atoms with Gasteiger partial charge in [0.2, 0.25) is 5.91 Å². The first-order chi connectivity index (χ1) is 14.4. The first-order valence-corrected chi connectivity index (χ1v) is 11.4. The number of H-pyrrole nitrogens is 1. The van der Waals surface area contributed by atoms with Gasteiger partial charge in [-0.3, -0.25) is 9.59 Å². The Morgan fingerprint density at radius 3 is 2.77 bits per heavy atom. The van der Waals surface area contributed by atoms with Crippen molar-refractivity contribution in [2.45, 2.75) is 24.3 Å². The van der Waals surface area contributed by atoms with Gasteiger partial charge in [-0.05, 0) is 37.1 Å².